The van der Waals surface area contributed by atoms with E-state index in [4.69, 9.17) is 14.6 Å². The number of ketones is 1. The van der Waals surface area contributed by atoms with Crippen molar-refractivity contribution >= 4 is 34.5 Å². The molecule has 7 nitrogen and oxygen atoms in total. The molecule has 3 aliphatic heterocycles. The third-order valence-electron chi connectivity index (χ3n) is 6.18. The number of methoxy groups -OCH3 is 1. The highest BCUT2D eigenvalue weighted by molar-refractivity contribution is 7.13. The fourth-order valence-electron chi connectivity index (χ4n) is 4.79. The van der Waals surface area contributed by atoms with Gasteiger partial charge in [-0.3, -0.25) is 14.7 Å². The third kappa shape index (κ3) is 3.85. The topological polar surface area (TPSA) is 95.5 Å². The summed E-state index contributed by atoms with van der Waals surface area (Å²) in [5.41, 5.74) is 2.41. The van der Waals surface area contributed by atoms with Crippen molar-refractivity contribution in [2.24, 2.45) is 11.8 Å². The van der Waals surface area contributed by atoms with Crippen LogP contribution in [0.3, 0.4) is 0 Å². The van der Waals surface area contributed by atoms with Crippen LogP contribution < -0.4 is 4.74 Å². The predicted octanol–water partition coefficient (Wildman–Crippen LogP) is 3.92. The maximum absolute atomic E-state index is 13.2. The Bertz CT molecular complexity index is 1020. The van der Waals surface area contributed by atoms with Crippen molar-refractivity contribution in [1.82, 2.24) is 15.1 Å². The van der Waals surface area contributed by atoms with E-state index in [1.54, 1.807) is 18.4 Å². The number of Topliss-reactive ketones (excluding diaryl/α,β-unsaturated/α-hetero) is 1. The van der Waals surface area contributed by atoms with Gasteiger partial charge in [0.05, 0.1) is 12.6 Å². The van der Waals surface area contributed by atoms with E-state index >= 15 is 0 Å². The highest BCUT2D eigenvalue weighted by Gasteiger charge is 2.36. The number of fused-ring (bicyclic) bond motifs is 4. The zero-order valence-corrected chi connectivity index (χ0v) is 17.7. The van der Waals surface area contributed by atoms with E-state index in [-0.39, 0.29) is 12.3 Å². The highest BCUT2D eigenvalue weighted by atomic mass is 32.1. The molecule has 1 aromatic carbocycles. The molecule has 0 aliphatic carbocycles. The average molecular weight is 428 g/mol. The lowest BCUT2D eigenvalue weighted by molar-refractivity contribution is -0.122. The number of ether oxygens (including phenoxy) is 1. The van der Waals surface area contributed by atoms with Crippen LogP contribution in [0.5, 0.6) is 5.75 Å². The molecule has 30 heavy (non-hydrogen) atoms. The van der Waals surface area contributed by atoms with Gasteiger partial charge in [-0.15, -0.1) is 11.3 Å². The number of rotatable bonds is 5. The van der Waals surface area contributed by atoms with E-state index in [0.717, 1.165) is 33.6 Å². The summed E-state index contributed by atoms with van der Waals surface area (Å²) >= 11 is 1.65. The van der Waals surface area contributed by atoms with E-state index in [9.17, 15) is 4.79 Å². The van der Waals surface area contributed by atoms with Crippen LogP contribution in [-0.2, 0) is 4.79 Å². The Labute approximate surface area is 178 Å². The van der Waals surface area contributed by atoms with Crippen LogP contribution in [0.15, 0.2) is 29.6 Å². The maximum atomic E-state index is 13.2. The van der Waals surface area contributed by atoms with Crippen molar-refractivity contribution in [2.45, 2.75) is 19.3 Å². The first kappa shape index (κ1) is 20.6. The van der Waals surface area contributed by atoms with E-state index in [1.165, 1.54) is 25.9 Å². The molecular formula is C22H25N3O4S. The van der Waals surface area contributed by atoms with Crippen LogP contribution in [0.2, 0.25) is 0 Å². The van der Waals surface area contributed by atoms with Gasteiger partial charge in [-0.05, 0) is 61.3 Å². The summed E-state index contributed by atoms with van der Waals surface area (Å²) < 4.78 is 5.62. The van der Waals surface area contributed by atoms with E-state index < -0.39 is 0 Å². The van der Waals surface area contributed by atoms with Crippen LogP contribution in [-0.4, -0.2) is 59.2 Å². The number of hydrogen-bond acceptors (Lipinski definition) is 6. The standard InChI is InChI=1S/C21H23N3O2S.CH2O2/c1-26-17-5-4-15-19(20(17)18-3-2-10-27-18)21(23-22-15)16(25)11-14-12-24-8-6-13(14)7-9-24;2-1-3/h2-5,10,13-14H,6-9,11-12H2,1H3,(H,22,23);1H,(H,2,3)/t14-;/m0./s1. The van der Waals surface area contributed by atoms with Crippen LogP contribution in [0.25, 0.3) is 21.3 Å². The van der Waals surface area contributed by atoms with Crippen molar-refractivity contribution < 1.29 is 19.4 Å². The summed E-state index contributed by atoms with van der Waals surface area (Å²) in [5.74, 6) is 2.08. The van der Waals surface area contributed by atoms with E-state index in [2.05, 4.69) is 21.2 Å². The van der Waals surface area contributed by atoms with Gasteiger partial charge in [0.2, 0.25) is 0 Å². The molecule has 2 N–H and O–H groups in total. The number of carbonyl (C=O) groups excluding carboxylic acids is 1. The quantitative estimate of drug-likeness (QED) is 0.473. The second-order valence-electron chi connectivity index (χ2n) is 7.75. The van der Waals surface area contributed by atoms with Gasteiger partial charge in [0, 0.05) is 28.8 Å². The summed E-state index contributed by atoms with van der Waals surface area (Å²) in [6, 6.07) is 7.98. The maximum Gasteiger partial charge on any atom is 0.290 e. The van der Waals surface area contributed by atoms with Gasteiger partial charge in [0.15, 0.2) is 5.78 Å². The van der Waals surface area contributed by atoms with Gasteiger partial charge in [-0.1, -0.05) is 6.07 Å². The minimum absolute atomic E-state index is 0.144. The molecule has 1 atom stereocenters. The molecule has 0 saturated carbocycles. The van der Waals surface area contributed by atoms with Crippen LogP contribution >= 0.6 is 11.3 Å². The minimum atomic E-state index is -0.250. The van der Waals surface area contributed by atoms with Crippen molar-refractivity contribution in [1.29, 1.82) is 0 Å². The molecule has 0 radical (unpaired) electrons. The molecule has 0 unspecified atom stereocenters. The Balaban J connectivity index is 0.000000687. The van der Waals surface area contributed by atoms with Crippen molar-refractivity contribution in [3.05, 3.63) is 35.3 Å². The van der Waals surface area contributed by atoms with Gasteiger partial charge in [-0.25, -0.2) is 0 Å². The largest absolute Gasteiger partial charge is 0.496 e. The monoisotopic (exact) mass is 427 g/mol. The number of aromatic nitrogens is 2. The SMILES string of the molecule is COc1ccc2[nH]nc(C(=O)C[C@H]3CN4CCC3CC4)c2c1-c1cccs1.O=CO. The molecule has 3 aromatic rings. The molecule has 5 heterocycles. The molecule has 2 bridgehead atoms. The molecule has 6 rings (SSSR count). The van der Waals surface area contributed by atoms with Gasteiger partial charge in [0.1, 0.15) is 11.4 Å². The van der Waals surface area contributed by atoms with Gasteiger partial charge < -0.3 is 14.7 Å². The predicted molar refractivity (Wildman–Crippen MR) is 116 cm³/mol. The first-order valence-electron chi connectivity index (χ1n) is 10.1. The van der Waals surface area contributed by atoms with Crippen molar-refractivity contribution in [3.63, 3.8) is 0 Å². The van der Waals surface area contributed by atoms with Gasteiger partial charge in [-0.2, -0.15) is 5.10 Å². The van der Waals surface area contributed by atoms with Crippen molar-refractivity contribution in [2.75, 3.05) is 26.7 Å². The lowest BCUT2D eigenvalue weighted by Gasteiger charge is -2.44. The van der Waals surface area contributed by atoms with Gasteiger partial charge >= 0.3 is 0 Å². The lowest BCUT2D eigenvalue weighted by atomic mass is 9.76. The molecule has 158 valence electrons. The van der Waals surface area contributed by atoms with E-state index in [0.29, 0.717) is 24.0 Å². The Kier molecular flexibility index (Phi) is 6.15. The number of carboxylic acid groups (broad SMARTS) is 1. The van der Waals surface area contributed by atoms with Crippen LogP contribution in [0, 0.1) is 11.8 Å². The number of nitrogens with one attached hydrogen (secondary N) is 1. The molecule has 3 aliphatic rings. The van der Waals surface area contributed by atoms with Crippen LogP contribution in [0.4, 0.5) is 0 Å². The fraction of sp³-hybridized carbons (Fsp3) is 0.409. The third-order valence-corrected chi connectivity index (χ3v) is 7.07. The second-order valence-corrected chi connectivity index (χ2v) is 8.69. The summed E-state index contributed by atoms with van der Waals surface area (Å²) in [4.78, 5) is 25.2. The molecule has 2 aromatic heterocycles. The number of H-pyrrole nitrogens is 1. The van der Waals surface area contributed by atoms with Crippen LogP contribution in [0.1, 0.15) is 29.8 Å². The number of thiophene rings is 1. The Morgan fingerprint density at radius 3 is 2.73 bits per heavy atom. The number of aromatic amines is 1. The van der Waals surface area contributed by atoms with Crippen molar-refractivity contribution in [3.8, 4) is 16.2 Å². The summed E-state index contributed by atoms with van der Waals surface area (Å²) in [7, 11) is 1.67. The van der Waals surface area contributed by atoms with Gasteiger partial charge in [0.25, 0.3) is 6.47 Å². The Hall–Kier alpha value is -2.71. The zero-order chi connectivity index (χ0) is 21.1. The molecule has 3 saturated heterocycles. The first-order chi connectivity index (χ1) is 14.7. The zero-order valence-electron chi connectivity index (χ0n) is 16.8. The number of carbonyl (C=O) groups is 2. The lowest BCUT2D eigenvalue weighted by Crippen LogP contribution is -2.47. The first-order valence-corrected chi connectivity index (χ1v) is 11.0. The Morgan fingerprint density at radius 1 is 1.37 bits per heavy atom. The summed E-state index contributed by atoms with van der Waals surface area (Å²) in [6.07, 6.45) is 3.04. The molecule has 8 heteroatoms. The normalized spacial score (nSPS) is 22.4. The number of hydrogen-bond donors (Lipinski definition) is 2. The fourth-order valence-corrected chi connectivity index (χ4v) is 5.57. The average Bonchev–Trinajstić information content (AvgIpc) is 3.44. The highest BCUT2D eigenvalue weighted by Crippen LogP contribution is 2.41. The minimum Gasteiger partial charge on any atom is -0.496 e. The number of nitrogens with zero attached hydrogens (tertiary/aromatic N) is 2. The molecular weight excluding hydrogens is 402 g/mol. The molecule has 0 spiro atoms. The summed E-state index contributed by atoms with van der Waals surface area (Å²) in [6.45, 7) is 3.20. The smallest absolute Gasteiger partial charge is 0.290 e. The van der Waals surface area contributed by atoms with E-state index in [1.807, 2.05) is 23.6 Å². The number of piperidine rings is 3. The second kappa shape index (κ2) is 8.97. The molecule has 3 fully saturated rings. The summed E-state index contributed by atoms with van der Waals surface area (Å²) in [5, 5.41) is 17.3. The number of benzene rings is 1. The Morgan fingerprint density at radius 2 is 2.13 bits per heavy atom. The molecule has 0 amide bonds.